The molecule has 31 heavy (non-hydrogen) atoms. The lowest BCUT2D eigenvalue weighted by Gasteiger charge is -2.19. The van der Waals surface area contributed by atoms with Gasteiger partial charge in [0.05, 0.1) is 0 Å². The van der Waals surface area contributed by atoms with Gasteiger partial charge in [-0.2, -0.15) is 0 Å². The molecule has 0 radical (unpaired) electrons. The summed E-state index contributed by atoms with van der Waals surface area (Å²) in [5.74, 6) is 0. The highest BCUT2D eigenvalue weighted by molar-refractivity contribution is 9.09. The average Bonchev–Trinajstić information content (AvgIpc) is 2.78. The van der Waals surface area contributed by atoms with Crippen LogP contribution in [0.5, 0.6) is 0 Å². The average molecular weight is 504 g/mol. The van der Waals surface area contributed by atoms with Crippen LogP contribution < -0.4 is 0 Å². The quantitative estimate of drug-likeness (QED) is 0.0506. The number of alkyl halides is 1. The summed E-state index contributed by atoms with van der Waals surface area (Å²) in [6.45, 7) is 6.28. The van der Waals surface area contributed by atoms with Gasteiger partial charge in [0.2, 0.25) is 0 Å². The summed E-state index contributed by atoms with van der Waals surface area (Å²) in [5, 5.41) is 1.08. The summed E-state index contributed by atoms with van der Waals surface area (Å²) in [4.78, 5) is 0. The van der Waals surface area contributed by atoms with Crippen LogP contribution in [0.15, 0.2) is 12.2 Å². The van der Waals surface area contributed by atoms with Crippen LogP contribution in [0.4, 0.5) is 0 Å². The zero-order chi connectivity index (χ0) is 22.7. The Bertz CT molecular complexity index is 330. The molecule has 0 rings (SSSR count). The first-order chi connectivity index (χ1) is 15.3. The smallest absolute Gasteiger partial charge is 0.157 e. The zero-order valence-corrected chi connectivity index (χ0v) is 22.8. The summed E-state index contributed by atoms with van der Waals surface area (Å²) < 4.78 is 12.2. The van der Waals surface area contributed by atoms with E-state index in [0.29, 0.717) is 0 Å². The van der Waals surface area contributed by atoms with Crippen LogP contribution in [-0.2, 0) is 9.47 Å². The first-order valence-corrected chi connectivity index (χ1v) is 14.9. The number of unbranched alkanes of at least 4 members (excludes halogenated alkanes) is 15. The molecule has 0 atom stereocenters. The lowest BCUT2D eigenvalue weighted by Crippen LogP contribution is -2.19. The van der Waals surface area contributed by atoms with Crippen molar-refractivity contribution >= 4 is 15.9 Å². The van der Waals surface area contributed by atoms with Crippen molar-refractivity contribution in [2.75, 3.05) is 18.5 Å². The Kier molecular flexibility index (Phi) is 28.3. The van der Waals surface area contributed by atoms with Crippen molar-refractivity contribution in [3.63, 3.8) is 0 Å². The minimum Gasteiger partial charge on any atom is -0.353 e. The number of hydrogen-bond acceptors (Lipinski definition) is 2. The van der Waals surface area contributed by atoms with E-state index in [1.165, 1.54) is 116 Å². The maximum Gasteiger partial charge on any atom is 0.157 e. The van der Waals surface area contributed by atoms with Crippen LogP contribution in [0, 0.1) is 0 Å². The Balaban J connectivity index is 3.75. The molecule has 0 fully saturated rings. The number of halogens is 1. The van der Waals surface area contributed by atoms with Gasteiger partial charge in [-0.05, 0) is 44.9 Å². The Morgan fingerprint density at radius 2 is 1.00 bits per heavy atom. The standard InChI is InChI=1S/C28H55BrO2/c1-3-5-7-18-22-26-30-28(31-27-23-19-8-6-4-2)24-20-16-14-12-10-9-11-13-15-17-21-25-29/h15,17,28H,3-14,16,18-27H2,1-2H3/b17-15-. The molecule has 0 aliphatic heterocycles. The van der Waals surface area contributed by atoms with Gasteiger partial charge in [0.15, 0.2) is 6.29 Å². The Morgan fingerprint density at radius 1 is 0.548 bits per heavy atom. The summed E-state index contributed by atoms with van der Waals surface area (Å²) in [6.07, 6.45) is 30.5. The van der Waals surface area contributed by atoms with Crippen molar-refractivity contribution in [3.8, 4) is 0 Å². The van der Waals surface area contributed by atoms with Crippen LogP contribution in [0.1, 0.15) is 142 Å². The number of rotatable bonds is 26. The van der Waals surface area contributed by atoms with Gasteiger partial charge < -0.3 is 9.47 Å². The molecule has 0 aromatic rings. The van der Waals surface area contributed by atoms with Crippen molar-refractivity contribution in [2.24, 2.45) is 0 Å². The Labute approximate surface area is 204 Å². The van der Waals surface area contributed by atoms with E-state index in [0.717, 1.165) is 31.4 Å². The molecule has 0 saturated carbocycles. The summed E-state index contributed by atoms with van der Waals surface area (Å²) >= 11 is 3.46. The van der Waals surface area contributed by atoms with E-state index in [2.05, 4.69) is 41.9 Å². The molecule has 0 N–H and O–H groups in total. The normalized spacial score (nSPS) is 11.9. The fourth-order valence-electron chi connectivity index (χ4n) is 3.81. The van der Waals surface area contributed by atoms with Crippen molar-refractivity contribution in [1.29, 1.82) is 0 Å². The molecule has 0 saturated heterocycles. The molecule has 0 aliphatic rings. The van der Waals surface area contributed by atoms with Gasteiger partial charge in [-0.25, -0.2) is 0 Å². The van der Waals surface area contributed by atoms with Gasteiger partial charge in [-0.15, -0.1) is 0 Å². The third kappa shape index (κ3) is 26.3. The molecule has 0 heterocycles. The molecule has 3 heteroatoms. The van der Waals surface area contributed by atoms with Crippen LogP contribution in [0.3, 0.4) is 0 Å². The number of hydrogen-bond donors (Lipinski definition) is 0. The number of ether oxygens (including phenoxy) is 2. The molecule has 0 unspecified atom stereocenters. The van der Waals surface area contributed by atoms with Gasteiger partial charge in [-0.1, -0.05) is 125 Å². The first kappa shape index (κ1) is 31.1. The van der Waals surface area contributed by atoms with Gasteiger partial charge in [-0.3, -0.25) is 0 Å². The molecule has 186 valence electrons. The van der Waals surface area contributed by atoms with Gasteiger partial charge in [0.1, 0.15) is 0 Å². The second-order valence-corrected chi connectivity index (χ2v) is 9.79. The molecule has 0 bridgehead atoms. The molecular formula is C28H55BrO2. The first-order valence-electron chi connectivity index (χ1n) is 13.8. The molecular weight excluding hydrogens is 448 g/mol. The Morgan fingerprint density at radius 3 is 1.55 bits per heavy atom. The second-order valence-electron chi connectivity index (χ2n) is 9.00. The van der Waals surface area contributed by atoms with E-state index in [4.69, 9.17) is 9.47 Å². The predicted octanol–water partition coefficient (Wildman–Crippen LogP) is 10.1. The van der Waals surface area contributed by atoms with E-state index >= 15 is 0 Å². The zero-order valence-electron chi connectivity index (χ0n) is 21.2. The van der Waals surface area contributed by atoms with Gasteiger partial charge >= 0.3 is 0 Å². The lowest BCUT2D eigenvalue weighted by molar-refractivity contribution is -0.148. The third-order valence-electron chi connectivity index (χ3n) is 5.86. The van der Waals surface area contributed by atoms with Crippen molar-refractivity contribution in [3.05, 3.63) is 12.2 Å². The topological polar surface area (TPSA) is 18.5 Å². The molecule has 0 aromatic heterocycles. The monoisotopic (exact) mass is 502 g/mol. The van der Waals surface area contributed by atoms with Gasteiger partial charge in [0, 0.05) is 18.5 Å². The van der Waals surface area contributed by atoms with E-state index in [1.807, 2.05) is 0 Å². The Hall–Kier alpha value is 0.140. The highest BCUT2D eigenvalue weighted by atomic mass is 79.9. The summed E-state index contributed by atoms with van der Waals surface area (Å²) in [5.41, 5.74) is 0. The SMILES string of the molecule is CCCCCCCOC(CCCCCCCCC/C=C\CCBr)OCCCCCCC. The van der Waals surface area contributed by atoms with Gasteiger partial charge in [0.25, 0.3) is 0 Å². The van der Waals surface area contributed by atoms with Crippen LogP contribution in [0.2, 0.25) is 0 Å². The van der Waals surface area contributed by atoms with Crippen molar-refractivity contribution in [1.82, 2.24) is 0 Å². The van der Waals surface area contributed by atoms with Crippen LogP contribution >= 0.6 is 15.9 Å². The van der Waals surface area contributed by atoms with Crippen LogP contribution in [0.25, 0.3) is 0 Å². The molecule has 0 amide bonds. The molecule has 0 aromatic carbocycles. The highest BCUT2D eigenvalue weighted by Gasteiger charge is 2.09. The second kappa shape index (κ2) is 28.2. The summed E-state index contributed by atoms with van der Waals surface area (Å²) in [7, 11) is 0. The maximum atomic E-state index is 6.12. The van der Waals surface area contributed by atoms with E-state index in [9.17, 15) is 0 Å². The lowest BCUT2D eigenvalue weighted by atomic mass is 10.1. The largest absolute Gasteiger partial charge is 0.353 e. The number of allylic oxidation sites excluding steroid dienone is 2. The maximum absolute atomic E-state index is 6.12. The summed E-state index contributed by atoms with van der Waals surface area (Å²) in [6, 6.07) is 0. The van der Waals surface area contributed by atoms with Crippen molar-refractivity contribution < 1.29 is 9.47 Å². The molecule has 2 nitrogen and oxygen atoms in total. The van der Waals surface area contributed by atoms with E-state index in [1.54, 1.807) is 0 Å². The van der Waals surface area contributed by atoms with Crippen LogP contribution in [-0.4, -0.2) is 24.8 Å². The third-order valence-corrected chi connectivity index (χ3v) is 6.31. The van der Waals surface area contributed by atoms with E-state index < -0.39 is 0 Å². The minimum absolute atomic E-state index is 0.0312. The van der Waals surface area contributed by atoms with E-state index in [-0.39, 0.29) is 6.29 Å². The molecule has 0 spiro atoms. The fraction of sp³-hybridized carbons (Fsp3) is 0.929. The fourth-order valence-corrected chi connectivity index (χ4v) is 4.08. The molecule has 0 aliphatic carbocycles. The highest BCUT2D eigenvalue weighted by Crippen LogP contribution is 2.14. The van der Waals surface area contributed by atoms with Crippen molar-refractivity contribution in [2.45, 2.75) is 149 Å². The predicted molar refractivity (Wildman–Crippen MR) is 142 cm³/mol. The minimum atomic E-state index is 0.0312.